The summed E-state index contributed by atoms with van der Waals surface area (Å²) < 4.78 is 3.91. The van der Waals surface area contributed by atoms with E-state index in [1.54, 1.807) is 4.90 Å². The zero-order valence-corrected chi connectivity index (χ0v) is 11.4. The molecule has 19 heavy (non-hydrogen) atoms. The normalized spacial score (nSPS) is 26.2. The van der Waals surface area contributed by atoms with Gasteiger partial charge >= 0.3 is 0 Å². The van der Waals surface area contributed by atoms with Crippen molar-refractivity contribution >= 4 is 23.3 Å². The second-order valence-electron chi connectivity index (χ2n) is 5.20. The largest absolute Gasteiger partial charge is 0.369 e. The van der Waals surface area contributed by atoms with Crippen LogP contribution in [0.3, 0.4) is 0 Å². The van der Waals surface area contributed by atoms with Crippen LogP contribution in [0, 0.1) is 5.92 Å². The van der Waals surface area contributed by atoms with Crippen molar-refractivity contribution in [3.05, 3.63) is 10.6 Å². The van der Waals surface area contributed by atoms with Crippen molar-refractivity contribution in [2.75, 3.05) is 13.1 Å². The van der Waals surface area contributed by atoms with Gasteiger partial charge in [0, 0.05) is 18.0 Å². The highest BCUT2D eigenvalue weighted by Crippen LogP contribution is 2.35. The number of hydrogen-bond acceptors (Lipinski definition) is 5. The van der Waals surface area contributed by atoms with E-state index in [1.807, 2.05) is 0 Å². The Balaban J connectivity index is 1.73. The van der Waals surface area contributed by atoms with E-state index in [1.165, 1.54) is 11.5 Å². The van der Waals surface area contributed by atoms with Crippen molar-refractivity contribution in [1.29, 1.82) is 0 Å². The third-order valence-corrected chi connectivity index (χ3v) is 4.81. The van der Waals surface area contributed by atoms with Crippen molar-refractivity contribution in [3.63, 3.8) is 0 Å². The molecule has 1 aromatic heterocycles. The van der Waals surface area contributed by atoms with Gasteiger partial charge in [-0.05, 0) is 37.2 Å². The fourth-order valence-corrected chi connectivity index (χ4v) is 3.65. The molecule has 2 amide bonds. The number of hydrogen-bond donors (Lipinski definition) is 1. The number of likely N-dealkylation sites (tertiary alicyclic amines) is 1. The average Bonchev–Trinajstić information content (AvgIpc) is 3.00. The molecule has 0 spiro atoms. The lowest BCUT2D eigenvalue weighted by molar-refractivity contribution is -0.136. The number of aryl methyl sites for hydroxylation is 1. The monoisotopic (exact) mass is 280 g/mol. The van der Waals surface area contributed by atoms with Crippen LogP contribution >= 0.6 is 11.5 Å². The Labute approximate surface area is 115 Å². The molecule has 0 aromatic carbocycles. The van der Waals surface area contributed by atoms with E-state index in [0.29, 0.717) is 13.1 Å². The number of aromatic nitrogens is 2. The fraction of sp³-hybridized carbons (Fsp3) is 0.667. The molecule has 1 aliphatic carbocycles. The van der Waals surface area contributed by atoms with E-state index in [2.05, 4.69) is 9.59 Å². The second-order valence-corrected chi connectivity index (χ2v) is 6.04. The zero-order chi connectivity index (χ0) is 13.4. The van der Waals surface area contributed by atoms with Gasteiger partial charge in [0.05, 0.1) is 17.5 Å². The molecular formula is C12H16N4O2S. The molecule has 0 saturated carbocycles. The predicted molar refractivity (Wildman–Crippen MR) is 69.5 cm³/mol. The van der Waals surface area contributed by atoms with Crippen LogP contribution in [0.25, 0.3) is 0 Å². The number of amides is 2. The minimum absolute atomic E-state index is 0.0809. The number of nitrogens with two attached hydrogens (primary N) is 1. The molecule has 7 heteroatoms. The van der Waals surface area contributed by atoms with Gasteiger partial charge in [-0.15, -0.1) is 5.10 Å². The molecule has 0 bridgehead atoms. The summed E-state index contributed by atoms with van der Waals surface area (Å²) in [5, 5.41) is 4.08. The molecule has 2 atom stereocenters. The van der Waals surface area contributed by atoms with Gasteiger partial charge in [-0.1, -0.05) is 4.49 Å². The second kappa shape index (κ2) is 4.88. The van der Waals surface area contributed by atoms with Crippen molar-refractivity contribution in [3.8, 4) is 0 Å². The van der Waals surface area contributed by atoms with Crippen LogP contribution in [0.5, 0.6) is 0 Å². The Bertz CT molecular complexity index is 516. The lowest BCUT2D eigenvalue weighted by atomic mass is 9.95. The van der Waals surface area contributed by atoms with E-state index in [0.717, 1.165) is 36.3 Å². The SMILES string of the molecule is NC(=O)[C@H]1CCCN(C(=O)[C@H]2CCc3snnc32)C1. The standard InChI is InChI=1S/C12H16N4O2S/c13-11(17)7-2-1-5-16(6-7)12(18)8-3-4-9-10(8)14-15-19-9/h7-8H,1-6H2,(H2,13,17)/t7-,8-/m0/s1. The van der Waals surface area contributed by atoms with Gasteiger partial charge in [-0.3, -0.25) is 9.59 Å². The number of rotatable bonds is 2. The minimum Gasteiger partial charge on any atom is -0.369 e. The topological polar surface area (TPSA) is 89.2 Å². The van der Waals surface area contributed by atoms with Crippen LogP contribution in [-0.4, -0.2) is 39.4 Å². The van der Waals surface area contributed by atoms with E-state index in [4.69, 9.17) is 5.73 Å². The molecule has 2 heterocycles. The lowest BCUT2D eigenvalue weighted by Gasteiger charge is -2.32. The molecule has 2 aliphatic rings. The lowest BCUT2D eigenvalue weighted by Crippen LogP contribution is -2.45. The van der Waals surface area contributed by atoms with E-state index in [9.17, 15) is 9.59 Å². The molecule has 0 radical (unpaired) electrons. The Kier molecular flexibility index (Phi) is 3.22. The number of carbonyl (C=O) groups is 2. The number of fused-ring (bicyclic) bond motifs is 1. The van der Waals surface area contributed by atoms with Gasteiger partial charge in [-0.25, -0.2) is 0 Å². The highest BCUT2D eigenvalue weighted by Gasteiger charge is 2.37. The average molecular weight is 280 g/mol. The first-order chi connectivity index (χ1) is 9.16. The molecular weight excluding hydrogens is 264 g/mol. The van der Waals surface area contributed by atoms with E-state index >= 15 is 0 Å². The number of carbonyl (C=O) groups excluding carboxylic acids is 2. The molecule has 1 aromatic rings. The van der Waals surface area contributed by atoms with Gasteiger partial charge in [0.2, 0.25) is 11.8 Å². The van der Waals surface area contributed by atoms with Gasteiger partial charge < -0.3 is 10.6 Å². The van der Waals surface area contributed by atoms with E-state index < -0.39 is 0 Å². The summed E-state index contributed by atoms with van der Waals surface area (Å²) in [5.41, 5.74) is 6.19. The molecule has 102 valence electrons. The summed E-state index contributed by atoms with van der Waals surface area (Å²) in [6, 6.07) is 0. The van der Waals surface area contributed by atoms with Gasteiger partial charge in [0.25, 0.3) is 0 Å². The van der Waals surface area contributed by atoms with Gasteiger partial charge in [-0.2, -0.15) is 0 Å². The Morgan fingerprint density at radius 1 is 1.37 bits per heavy atom. The first-order valence-corrected chi connectivity index (χ1v) is 7.33. The highest BCUT2D eigenvalue weighted by atomic mass is 32.1. The van der Waals surface area contributed by atoms with Crippen molar-refractivity contribution in [1.82, 2.24) is 14.5 Å². The Morgan fingerprint density at radius 2 is 2.21 bits per heavy atom. The molecule has 2 N–H and O–H groups in total. The summed E-state index contributed by atoms with van der Waals surface area (Å²) in [6.45, 7) is 1.17. The third kappa shape index (κ3) is 2.22. The van der Waals surface area contributed by atoms with Crippen LogP contribution in [0.15, 0.2) is 0 Å². The Morgan fingerprint density at radius 3 is 3.00 bits per heavy atom. The van der Waals surface area contributed by atoms with Gasteiger partial charge in [0.1, 0.15) is 0 Å². The molecule has 1 saturated heterocycles. The summed E-state index contributed by atoms with van der Waals surface area (Å²) in [4.78, 5) is 26.7. The zero-order valence-electron chi connectivity index (χ0n) is 10.5. The quantitative estimate of drug-likeness (QED) is 0.843. The van der Waals surface area contributed by atoms with Crippen molar-refractivity contribution in [2.45, 2.75) is 31.6 Å². The van der Waals surface area contributed by atoms with Crippen molar-refractivity contribution in [2.24, 2.45) is 11.7 Å². The van der Waals surface area contributed by atoms with E-state index in [-0.39, 0.29) is 23.7 Å². The summed E-state index contributed by atoms with van der Waals surface area (Å²) in [5.74, 6) is -0.593. The number of piperidine rings is 1. The maximum absolute atomic E-state index is 12.5. The number of nitrogens with zero attached hydrogens (tertiary/aromatic N) is 3. The molecule has 3 rings (SSSR count). The summed E-state index contributed by atoms with van der Waals surface area (Å²) >= 11 is 1.38. The molecule has 1 fully saturated rings. The van der Waals surface area contributed by atoms with Crippen molar-refractivity contribution < 1.29 is 9.59 Å². The molecule has 6 nitrogen and oxygen atoms in total. The van der Waals surface area contributed by atoms with Crippen LogP contribution in [-0.2, 0) is 16.0 Å². The highest BCUT2D eigenvalue weighted by molar-refractivity contribution is 7.05. The molecule has 0 unspecified atom stereocenters. The fourth-order valence-electron chi connectivity index (χ4n) is 2.94. The van der Waals surface area contributed by atoms with Gasteiger partial charge in [0.15, 0.2) is 0 Å². The Hall–Kier alpha value is -1.50. The predicted octanol–water partition coefficient (Wildman–Crippen LogP) is 0.292. The smallest absolute Gasteiger partial charge is 0.231 e. The number of primary amides is 1. The first kappa shape index (κ1) is 12.5. The maximum atomic E-state index is 12.5. The first-order valence-electron chi connectivity index (χ1n) is 6.56. The molecule has 1 aliphatic heterocycles. The van der Waals surface area contributed by atoms with Crippen LogP contribution < -0.4 is 5.73 Å². The van der Waals surface area contributed by atoms with Crippen LogP contribution in [0.2, 0.25) is 0 Å². The van der Waals surface area contributed by atoms with Crippen LogP contribution in [0.4, 0.5) is 0 Å². The maximum Gasteiger partial charge on any atom is 0.231 e. The third-order valence-electron chi connectivity index (χ3n) is 4.01. The summed E-state index contributed by atoms with van der Waals surface area (Å²) in [7, 11) is 0. The summed E-state index contributed by atoms with van der Waals surface area (Å²) in [6.07, 6.45) is 3.32. The minimum atomic E-state index is -0.306. The van der Waals surface area contributed by atoms with Crippen LogP contribution in [0.1, 0.15) is 35.8 Å².